The van der Waals surface area contributed by atoms with Gasteiger partial charge in [-0.3, -0.25) is 0 Å². The van der Waals surface area contributed by atoms with E-state index in [0.717, 1.165) is 5.92 Å². The summed E-state index contributed by atoms with van der Waals surface area (Å²) in [4.78, 5) is 0. The molecule has 0 aromatic heterocycles. The Kier molecular flexibility index (Phi) is 1.32. The van der Waals surface area contributed by atoms with Gasteiger partial charge in [0.2, 0.25) is 0 Å². The third-order valence-electron chi connectivity index (χ3n) is 2.26. The lowest BCUT2D eigenvalue weighted by Crippen LogP contribution is -2.17. The van der Waals surface area contributed by atoms with E-state index in [1.54, 1.807) is 5.57 Å². The predicted octanol–water partition coefficient (Wildman–Crippen LogP) is 3.21. The molecular weight excluding hydrogens is 244 g/mol. The smallest absolute Gasteiger partial charge is 0.0849 e. The summed E-state index contributed by atoms with van der Waals surface area (Å²) in [6, 6.07) is 0. The van der Waals surface area contributed by atoms with Gasteiger partial charge in [0.25, 0.3) is 0 Å². The Balaban J connectivity index is 2.30. The predicted molar refractivity (Wildman–Crippen MR) is 46.0 cm³/mol. The zero-order chi connectivity index (χ0) is 6.48. The SMILES string of the molecule is BrC1(Br)CC2=CCC1C2. The van der Waals surface area contributed by atoms with Crippen LogP contribution in [0.2, 0.25) is 0 Å². The number of rotatable bonds is 0. The molecule has 0 heterocycles. The van der Waals surface area contributed by atoms with Gasteiger partial charge in [-0.2, -0.15) is 0 Å². The molecule has 0 aliphatic heterocycles. The first-order chi connectivity index (χ1) is 4.18. The van der Waals surface area contributed by atoms with E-state index in [-0.39, 0.29) is 3.23 Å². The van der Waals surface area contributed by atoms with E-state index in [1.165, 1.54) is 19.3 Å². The van der Waals surface area contributed by atoms with Crippen molar-refractivity contribution in [2.75, 3.05) is 0 Å². The van der Waals surface area contributed by atoms with E-state index in [9.17, 15) is 0 Å². The molecule has 0 spiro atoms. The maximum absolute atomic E-state index is 3.68. The second kappa shape index (κ2) is 1.85. The molecule has 0 amide bonds. The lowest BCUT2D eigenvalue weighted by Gasteiger charge is -2.21. The maximum atomic E-state index is 3.68. The van der Waals surface area contributed by atoms with Gasteiger partial charge in [-0.1, -0.05) is 43.5 Å². The van der Waals surface area contributed by atoms with E-state index >= 15 is 0 Å². The number of hydrogen-bond donors (Lipinski definition) is 0. The molecule has 1 unspecified atom stereocenters. The molecule has 2 rings (SSSR count). The fourth-order valence-electron chi connectivity index (χ4n) is 1.71. The molecule has 0 radical (unpaired) electrons. The third kappa shape index (κ3) is 0.911. The van der Waals surface area contributed by atoms with Crippen molar-refractivity contribution in [1.29, 1.82) is 0 Å². The van der Waals surface area contributed by atoms with E-state index in [1.807, 2.05) is 0 Å². The summed E-state index contributed by atoms with van der Waals surface area (Å²) in [5.74, 6) is 0.826. The lowest BCUT2D eigenvalue weighted by molar-refractivity contribution is 0.574. The highest BCUT2D eigenvalue weighted by atomic mass is 79.9. The van der Waals surface area contributed by atoms with Gasteiger partial charge < -0.3 is 0 Å². The minimum Gasteiger partial charge on any atom is -0.0849 e. The van der Waals surface area contributed by atoms with Crippen molar-refractivity contribution >= 4 is 31.9 Å². The van der Waals surface area contributed by atoms with Gasteiger partial charge in [0.05, 0.1) is 3.23 Å². The Morgan fingerprint density at radius 1 is 1.56 bits per heavy atom. The first-order valence-corrected chi connectivity index (χ1v) is 4.83. The van der Waals surface area contributed by atoms with Crippen molar-refractivity contribution in [3.8, 4) is 0 Å². The first-order valence-electron chi connectivity index (χ1n) is 3.24. The topological polar surface area (TPSA) is 0 Å². The van der Waals surface area contributed by atoms with Crippen LogP contribution < -0.4 is 0 Å². The van der Waals surface area contributed by atoms with Crippen molar-refractivity contribution in [3.63, 3.8) is 0 Å². The number of allylic oxidation sites excluding steroid dienone is 2. The second-order valence-electron chi connectivity index (χ2n) is 2.94. The molecule has 50 valence electrons. The molecule has 1 fully saturated rings. The Morgan fingerprint density at radius 3 is 2.56 bits per heavy atom. The summed E-state index contributed by atoms with van der Waals surface area (Å²) < 4.78 is 0.268. The highest BCUT2D eigenvalue weighted by molar-refractivity contribution is 9.25. The molecule has 0 aromatic carbocycles. The van der Waals surface area contributed by atoms with E-state index < -0.39 is 0 Å². The van der Waals surface area contributed by atoms with Crippen LogP contribution in [0, 0.1) is 5.92 Å². The van der Waals surface area contributed by atoms with Crippen molar-refractivity contribution in [2.45, 2.75) is 22.5 Å². The molecule has 0 aromatic rings. The summed E-state index contributed by atoms with van der Waals surface area (Å²) >= 11 is 7.35. The van der Waals surface area contributed by atoms with Crippen LogP contribution in [0.15, 0.2) is 11.6 Å². The zero-order valence-corrected chi connectivity index (χ0v) is 8.20. The number of halogens is 2. The molecule has 1 saturated carbocycles. The van der Waals surface area contributed by atoms with Gasteiger partial charge in [0.1, 0.15) is 0 Å². The van der Waals surface area contributed by atoms with Gasteiger partial charge >= 0.3 is 0 Å². The largest absolute Gasteiger partial charge is 0.0876 e. The molecule has 2 heteroatoms. The van der Waals surface area contributed by atoms with Crippen molar-refractivity contribution < 1.29 is 0 Å². The number of alkyl halides is 2. The monoisotopic (exact) mass is 250 g/mol. The Morgan fingerprint density at radius 2 is 2.33 bits per heavy atom. The summed E-state index contributed by atoms with van der Waals surface area (Å²) in [7, 11) is 0. The molecule has 0 nitrogen and oxygen atoms in total. The van der Waals surface area contributed by atoms with Gasteiger partial charge in [0.15, 0.2) is 0 Å². The van der Waals surface area contributed by atoms with E-state index in [0.29, 0.717) is 0 Å². The van der Waals surface area contributed by atoms with Gasteiger partial charge in [0, 0.05) is 0 Å². The summed E-state index contributed by atoms with van der Waals surface area (Å²) in [6.45, 7) is 0. The lowest BCUT2D eigenvalue weighted by atomic mass is 10.1. The maximum Gasteiger partial charge on any atom is 0.0876 e. The molecule has 0 N–H and O–H groups in total. The molecule has 9 heavy (non-hydrogen) atoms. The van der Waals surface area contributed by atoms with Crippen molar-refractivity contribution in [3.05, 3.63) is 11.6 Å². The van der Waals surface area contributed by atoms with Crippen LogP contribution in [-0.4, -0.2) is 3.23 Å². The van der Waals surface area contributed by atoms with Crippen LogP contribution in [0.25, 0.3) is 0 Å². The van der Waals surface area contributed by atoms with Gasteiger partial charge in [-0.25, -0.2) is 0 Å². The van der Waals surface area contributed by atoms with Gasteiger partial charge in [-0.15, -0.1) is 0 Å². The minimum absolute atomic E-state index is 0.268. The highest BCUT2D eigenvalue weighted by Gasteiger charge is 2.43. The first kappa shape index (κ1) is 6.41. The number of fused-ring (bicyclic) bond motifs is 2. The quantitative estimate of drug-likeness (QED) is 0.458. The molecule has 2 aliphatic rings. The Hall–Kier alpha value is 0.700. The zero-order valence-electron chi connectivity index (χ0n) is 5.03. The average molecular weight is 252 g/mol. The fourth-order valence-corrected chi connectivity index (χ4v) is 3.12. The highest BCUT2D eigenvalue weighted by Crippen LogP contribution is 2.55. The molecular formula is C7H8Br2. The third-order valence-corrected chi connectivity index (χ3v) is 4.12. The number of hydrogen-bond acceptors (Lipinski definition) is 0. The van der Waals surface area contributed by atoms with Crippen LogP contribution >= 0.6 is 31.9 Å². The van der Waals surface area contributed by atoms with Crippen LogP contribution in [0.3, 0.4) is 0 Å². The van der Waals surface area contributed by atoms with Crippen molar-refractivity contribution in [2.24, 2.45) is 5.92 Å². The average Bonchev–Trinajstić information content (AvgIpc) is 2.19. The Labute approximate surface area is 72.0 Å². The summed E-state index contributed by atoms with van der Waals surface area (Å²) in [5.41, 5.74) is 1.63. The summed E-state index contributed by atoms with van der Waals surface area (Å²) in [6.07, 6.45) is 6.17. The van der Waals surface area contributed by atoms with Gasteiger partial charge in [-0.05, 0) is 25.2 Å². The van der Waals surface area contributed by atoms with Crippen LogP contribution in [-0.2, 0) is 0 Å². The normalized spacial score (nSPS) is 37.1. The van der Waals surface area contributed by atoms with E-state index in [2.05, 4.69) is 37.9 Å². The fraction of sp³-hybridized carbons (Fsp3) is 0.714. The van der Waals surface area contributed by atoms with Crippen LogP contribution in [0.4, 0.5) is 0 Å². The molecule has 2 bridgehead atoms. The molecule has 1 atom stereocenters. The van der Waals surface area contributed by atoms with Crippen LogP contribution in [0.5, 0.6) is 0 Å². The van der Waals surface area contributed by atoms with Crippen LogP contribution in [0.1, 0.15) is 19.3 Å². The molecule has 0 saturated heterocycles. The Bertz CT molecular complexity index is 170. The van der Waals surface area contributed by atoms with E-state index in [4.69, 9.17) is 0 Å². The summed E-state index contributed by atoms with van der Waals surface area (Å²) in [5, 5.41) is 0. The minimum atomic E-state index is 0.268. The van der Waals surface area contributed by atoms with Crippen molar-refractivity contribution in [1.82, 2.24) is 0 Å². The standard InChI is InChI=1S/C7H8Br2/c8-7(9)4-5-1-2-6(7)3-5/h1,6H,2-4H2. The second-order valence-corrected chi connectivity index (χ2v) is 6.83. The molecule has 2 aliphatic carbocycles.